The Morgan fingerprint density at radius 2 is 2.25 bits per heavy atom. The lowest BCUT2D eigenvalue weighted by atomic mass is 10.1. The van der Waals surface area contributed by atoms with Crippen molar-refractivity contribution in [1.29, 1.82) is 0 Å². The second-order valence-electron chi connectivity index (χ2n) is 6.12. The van der Waals surface area contributed by atoms with Gasteiger partial charge in [0.25, 0.3) is 0 Å². The lowest BCUT2D eigenvalue weighted by molar-refractivity contribution is 0.0733. The molecule has 0 unspecified atom stereocenters. The smallest absolute Gasteiger partial charge is 0.409 e. The molecule has 2 heterocycles. The summed E-state index contributed by atoms with van der Waals surface area (Å²) in [7, 11) is 1.75. The topological polar surface area (TPSA) is 71.1 Å². The Morgan fingerprint density at radius 1 is 1.42 bits per heavy atom. The van der Waals surface area contributed by atoms with Crippen LogP contribution in [0.5, 0.6) is 5.75 Å². The van der Waals surface area contributed by atoms with Crippen molar-refractivity contribution in [2.75, 3.05) is 39.8 Å². The summed E-state index contributed by atoms with van der Waals surface area (Å²) < 4.78 is 10.8. The summed E-state index contributed by atoms with van der Waals surface area (Å²) in [6.45, 7) is 2.55. The van der Waals surface area contributed by atoms with Gasteiger partial charge >= 0.3 is 12.1 Å². The first-order valence-electron chi connectivity index (χ1n) is 8.28. The van der Waals surface area contributed by atoms with E-state index in [1.807, 2.05) is 24.3 Å². The SMILES string of the molecule is CN(C[C@@H]1Cc2ccccc2O1)C(=O)NCCN1CCCOC1=O. The Balaban J connectivity index is 1.38. The molecule has 130 valence electrons. The van der Waals surface area contributed by atoms with Crippen molar-refractivity contribution in [3.05, 3.63) is 29.8 Å². The number of cyclic esters (lactones) is 1. The van der Waals surface area contributed by atoms with E-state index in [2.05, 4.69) is 5.32 Å². The lowest BCUT2D eigenvalue weighted by Crippen LogP contribution is -2.46. The van der Waals surface area contributed by atoms with Gasteiger partial charge in [-0.05, 0) is 18.1 Å². The predicted molar refractivity (Wildman–Crippen MR) is 88.1 cm³/mol. The molecule has 3 rings (SSSR count). The van der Waals surface area contributed by atoms with Gasteiger partial charge in [-0.25, -0.2) is 9.59 Å². The normalized spacial score (nSPS) is 19.3. The zero-order chi connectivity index (χ0) is 16.9. The molecule has 1 N–H and O–H groups in total. The molecule has 1 atom stereocenters. The molecule has 3 amide bonds. The minimum absolute atomic E-state index is 0.0183. The Kier molecular flexibility index (Phi) is 5.08. The van der Waals surface area contributed by atoms with Crippen molar-refractivity contribution in [3.8, 4) is 5.75 Å². The molecule has 7 nitrogen and oxygen atoms in total. The number of para-hydroxylation sites is 1. The van der Waals surface area contributed by atoms with Crippen LogP contribution in [0.4, 0.5) is 9.59 Å². The highest BCUT2D eigenvalue weighted by Crippen LogP contribution is 2.28. The fourth-order valence-corrected chi connectivity index (χ4v) is 2.98. The number of hydrogen-bond donors (Lipinski definition) is 1. The molecule has 0 bridgehead atoms. The number of fused-ring (bicyclic) bond motifs is 1. The van der Waals surface area contributed by atoms with Gasteiger partial charge in [0.1, 0.15) is 11.9 Å². The molecule has 2 aliphatic rings. The highest BCUT2D eigenvalue weighted by atomic mass is 16.6. The van der Waals surface area contributed by atoms with Gasteiger partial charge in [0.15, 0.2) is 0 Å². The Morgan fingerprint density at radius 3 is 3.04 bits per heavy atom. The highest BCUT2D eigenvalue weighted by Gasteiger charge is 2.25. The number of rotatable bonds is 5. The van der Waals surface area contributed by atoms with Crippen LogP contribution in [0.2, 0.25) is 0 Å². The van der Waals surface area contributed by atoms with E-state index < -0.39 is 0 Å². The molecule has 0 aliphatic carbocycles. The molecule has 0 saturated carbocycles. The van der Waals surface area contributed by atoms with Crippen LogP contribution >= 0.6 is 0 Å². The lowest BCUT2D eigenvalue weighted by Gasteiger charge is -2.27. The van der Waals surface area contributed by atoms with E-state index in [4.69, 9.17) is 9.47 Å². The van der Waals surface area contributed by atoms with Crippen molar-refractivity contribution in [2.24, 2.45) is 0 Å². The standard InChI is InChI=1S/C17H23N3O4/c1-19(12-14-11-13-5-2-3-6-15(13)24-14)16(21)18-7-9-20-8-4-10-23-17(20)22/h2-3,5-6,14H,4,7-12H2,1H3,(H,18,21)/t14-/m0/s1. The van der Waals surface area contributed by atoms with E-state index >= 15 is 0 Å². The van der Waals surface area contributed by atoms with Gasteiger partial charge in [-0.1, -0.05) is 18.2 Å². The minimum atomic E-state index is -0.305. The quantitative estimate of drug-likeness (QED) is 0.886. The Hall–Kier alpha value is -2.44. The molecule has 24 heavy (non-hydrogen) atoms. The molecule has 1 fully saturated rings. The van der Waals surface area contributed by atoms with Crippen LogP contribution in [0.1, 0.15) is 12.0 Å². The fraction of sp³-hybridized carbons (Fsp3) is 0.529. The van der Waals surface area contributed by atoms with Crippen molar-refractivity contribution in [2.45, 2.75) is 18.9 Å². The van der Waals surface area contributed by atoms with Crippen LogP contribution in [0, 0.1) is 0 Å². The van der Waals surface area contributed by atoms with Crippen LogP contribution in [0.15, 0.2) is 24.3 Å². The van der Waals surface area contributed by atoms with Crippen molar-refractivity contribution >= 4 is 12.1 Å². The number of likely N-dealkylation sites (N-methyl/N-ethyl adjacent to an activating group) is 1. The van der Waals surface area contributed by atoms with Gasteiger partial charge in [0.2, 0.25) is 0 Å². The summed E-state index contributed by atoms with van der Waals surface area (Å²) in [4.78, 5) is 26.9. The number of urea groups is 1. The fourth-order valence-electron chi connectivity index (χ4n) is 2.98. The van der Waals surface area contributed by atoms with Crippen LogP contribution < -0.4 is 10.1 Å². The number of carbonyl (C=O) groups is 2. The summed E-state index contributed by atoms with van der Waals surface area (Å²) in [6.07, 6.45) is 1.32. The van der Waals surface area contributed by atoms with Crippen molar-refractivity contribution in [1.82, 2.24) is 15.1 Å². The van der Waals surface area contributed by atoms with E-state index in [9.17, 15) is 9.59 Å². The molecule has 1 aromatic rings. The molecule has 1 saturated heterocycles. The van der Waals surface area contributed by atoms with Crippen LogP contribution in [-0.4, -0.2) is 67.9 Å². The number of ether oxygens (including phenoxy) is 2. The first-order valence-corrected chi connectivity index (χ1v) is 8.28. The first kappa shape index (κ1) is 16.4. The third-order valence-corrected chi connectivity index (χ3v) is 4.25. The van der Waals surface area contributed by atoms with Crippen molar-refractivity contribution < 1.29 is 19.1 Å². The van der Waals surface area contributed by atoms with Crippen molar-refractivity contribution in [3.63, 3.8) is 0 Å². The maximum atomic E-state index is 12.2. The molecule has 0 spiro atoms. The maximum Gasteiger partial charge on any atom is 0.409 e. The number of nitrogens with zero attached hydrogens (tertiary/aromatic N) is 2. The number of nitrogens with one attached hydrogen (secondary N) is 1. The van der Waals surface area contributed by atoms with Gasteiger partial charge in [0, 0.05) is 33.1 Å². The molecule has 7 heteroatoms. The van der Waals surface area contributed by atoms with E-state index in [1.165, 1.54) is 5.56 Å². The summed E-state index contributed by atoms with van der Waals surface area (Å²) in [5.74, 6) is 0.903. The van der Waals surface area contributed by atoms with Gasteiger partial charge in [-0.3, -0.25) is 0 Å². The Labute approximate surface area is 141 Å². The van der Waals surface area contributed by atoms with Crippen LogP contribution in [-0.2, 0) is 11.2 Å². The van der Waals surface area contributed by atoms with E-state index in [0.717, 1.165) is 18.6 Å². The number of benzene rings is 1. The van der Waals surface area contributed by atoms with Crippen LogP contribution in [0.3, 0.4) is 0 Å². The second-order valence-corrected chi connectivity index (χ2v) is 6.12. The molecular formula is C17H23N3O4. The van der Waals surface area contributed by atoms with Gasteiger partial charge in [-0.15, -0.1) is 0 Å². The average molecular weight is 333 g/mol. The maximum absolute atomic E-state index is 12.2. The summed E-state index contributed by atoms with van der Waals surface area (Å²) in [6, 6.07) is 7.77. The third kappa shape index (κ3) is 3.90. The zero-order valence-corrected chi connectivity index (χ0v) is 13.9. The number of carbonyl (C=O) groups excluding carboxylic acids is 2. The van der Waals surface area contributed by atoms with Gasteiger partial charge in [0.05, 0.1) is 13.2 Å². The van der Waals surface area contributed by atoms with Gasteiger partial charge in [-0.2, -0.15) is 0 Å². The largest absolute Gasteiger partial charge is 0.488 e. The molecular weight excluding hydrogens is 310 g/mol. The summed E-state index contributed by atoms with van der Waals surface area (Å²) in [5.41, 5.74) is 1.18. The zero-order valence-electron chi connectivity index (χ0n) is 13.9. The minimum Gasteiger partial charge on any atom is -0.488 e. The van der Waals surface area contributed by atoms with Gasteiger partial charge < -0.3 is 24.6 Å². The Bertz CT molecular complexity index is 582. The molecule has 0 radical (unpaired) electrons. The van der Waals surface area contributed by atoms with E-state index in [-0.39, 0.29) is 18.2 Å². The summed E-state index contributed by atoms with van der Waals surface area (Å²) >= 11 is 0. The molecule has 1 aromatic carbocycles. The monoisotopic (exact) mass is 333 g/mol. The average Bonchev–Trinajstić information content (AvgIpc) is 2.98. The molecule has 2 aliphatic heterocycles. The second kappa shape index (κ2) is 7.42. The number of hydrogen-bond acceptors (Lipinski definition) is 4. The third-order valence-electron chi connectivity index (χ3n) is 4.25. The van der Waals surface area contributed by atoms with E-state index in [0.29, 0.717) is 32.8 Å². The van der Waals surface area contributed by atoms with E-state index in [1.54, 1.807) is 16.8 Å². The number of amides is 3. The molecule has 0 aromatic heterocycles. The summed E-state index contributed by atoms with van der Waals surface area (Å²) in [5, 5.41) is 2.83. The van der Waals surface area contributed by atoms with Crippen LogP contribution in [0.25, 0.3) is 0 Å². The first-order chi connectivity index (χ1) is 11.6. The predicted octanol–water partition coefficient (Wildman–Crippen LogP) is 1.47. The highest BCUT2D eigenvalue weighted by molar-refractivity contribution is 5.74.